The van der Waals surface area contributed by atoms with Crippen LogP contribution in [0.2, 0.25) is 0 Å². The van der Waals surface area contributed by atoms with Crippen LogP contribution in [0.5, 0.6) is 0 Å². The topological polar surface area (TPSA) is 83.7 Å². The molecule has 0 amide bonds. The minimum Gasteiger partial charge on any atom is -0.480 e. The number of nitro groups is 1. The van der Waals surface area contributed by atoms with Gasteiger partial charge in [0.1, 0.15) is 6.04 Å². The number of carbonyl (C=O) groups is 1. The van der Waals surface area contributed by atoms with Crippen molar-refractivity contribution in [1.29, 1.82) is 0 Å². The molecule has 0 saturated carbocycles. The number of rotatable bonds is 4. The molecule has 1 aliphatic heterocycles. The summed E-state index contributed by atoms with van der Waals surface area (Å²) in [6.45, 7) is 1.52. The summed E-state index contributed by atoms with van der Waals surface area (Å²) in [5.41, 5.74) is 0.575. The number of halogens is 1. The van der Waals surface area contributed by atoms with Crippen molar-refractivity contribution in [3.8, 4) is 0 Å². The average molecular weight is 301 g/mol. The molecule has 0 spiro atoms. The van der Waals surface area contributed by atoms with Crippen LogP contribution in [0.1, 0.15) is 30.9 Å². The minimum atomic E-state index is -0.907. The summed E-state index contributed by atoms with van der Waals surface area (Å²) in [6, 6.07) is 5.07. The molecule has 20 heavy (non-hydrogen) atoms. The van der Waals surface area contributed by atoms with Crippen molar-refractivity contribution in [2.75, 3.05) is 13.1 Å². The number of likely N-dealkylation sites (tertiary alicyclic amines) is 1. The summed E-state index contributed by atoms with van der Waals surface area (Å²) < 4.78 is 0. The number of non-ortho nitro benzene ring substituents is 1. The fourth-order valence-electron chi connectivity index (χ4n) is 2.46. The molecule has 1 atom stereocenters. The van der Waals surface area contributed by atoms with Crippen LogP contribution in [-0.2, 0) is 4.79 Å². The SMILES string of the molecule is Cl.O=C(O)C(c1ccc([N+](=O)[O-])cc1)N1CCCCC1. The number of nitrogens with zero attached hydrogens (tertiary/aromatic N) is 2. The van der Waals surface area contributed by atoms with Gasteiger partial charge >= 0.3 is 5.97 Å². The summed E-state index contributed by atoms with van der Waals surface area (Å²) in [4.78, 5) is 23.5. The van der Waals surface area contributed by atoms with Crippen molar-refractivity contribution in [2.45, 2.75) is 25.3 Å². The van der Waals surface area contributed by atoms with Gasteiger partial charge in [-0.05, 0) is 31.5 Å². The molecule has 7 heteroatoms. The first-order valence-corrected chi connectivity index (χ1v) is 6.31. The Bertz CT molecular complexity index is 472. The molecule has 1 heterocycles. The molecule has 1 aromatic rings. The lowest BCUT2D eigenvalue weighted by Crippen LogP contribution is -2.37. The number of carboxylic acid groups (broad SMARTS) is 1. The molecule has 1 aromatic carbocycles. The molecule has 0 aliphatic carbocycles. The molecule has 0 bridgehead atoms. The van der Waals surface area contributed by atoms with Gasteiger partial charge in [0.25, 0.3) is 5.69 Å². The first-order valence-electron chi connectivity index (χ1n) is 6.31. The van der Waals surface area contributed by atoms with E-state index in [-0.39, 0.29) is 18.1 Å². The van der Waals surface area contributed by atoms with Crippen molar-refractivity contribution in [3.63, 3.8) is 0 Å². The van der Waals surface area contributed by atoms with Crippen LogP contribution < -0.4 is 0 Å². The second kappa shape index (κ2) is 7.21. The zero-order valence-electron chi connectivity index (χ0n) is 10.9. The van der Waals surface area contributed by atoms with E-state index in [4.69, 9.17) is 0 Å². The Labute approximate surface area is 123 Å². The average Bonchev–Trinajstić information content (AvgIpc) is 2.40. The van der Waals surface area contributed by atoms with Gasteiger partial charge in [-0.1, -0.05) is 18.6 Å². The van der Waals surface area contributed by atoms with Gasteiger partial charge in [-0.15, -0.1) is 12.4 Å². The Morgan fingerprint density at radius 2 is 1.75 bits per heavy atom. The summed E-state index contributed by atoms with van der Waals surface area (Å²) in [7, 11) is 0. The first kappa shape index (κ1) is 16.4. The number of hydrogen-bond acceptors (Lipinski definition) is 4. The standard InChI is InChI=1S/C13H16N2O4.ClH/c16-13(17)12(14-8-2-1-3-9-14)10-4-6-11(7-5-10)15(18)19;/h4-7,12H,1-3,8-9H2,(H,16,17);1H. The second-order valence-electron chi connectivity index (χ2n) is 4.69. The maximum Gasteiger partial charge on any atom is 0.325 e. The molecule has 110 valence electrons. The van der Waals surface area contributed by atoms with Gasteiger partial charge in [-0.2, -0.15) is 0 Å². The van der Waals surface area contributed by atoms with Gasteiger partial charge in [0, 0.05) is 12.1 Å². The van der Waals surface area contributed by atoms with E-state index in [9.17, 15) is 20.0 Å². The van der Waals surface area contributed by atoms with E-state index in [1.807, 2.05) is 4.90 Å². The van der Waals surface area contributed by atoms with E-state index < -0.39 is 16.9 Å². The minimum absolute atomic E-state index is 0. The van der Waals surface area contributed by atoms with Crippen molar-refractivity contribution in [1.82, 2.24) is 4.90 Å². The summed E-state index contributed by atoms with van der Waals surface area (Å²) in [6.07, 6.45) is 3.12. The second-order valence-corrected chi connectivity index (χ2v) is 4.69. The van der Waals surface area contributed by atoms with Gasteiger partial charge in [0.15, 0.2) is 0 Å². The van der Waals surface area contributed by atoms with E-state index in [0.29, 0.717) is 5.56 Å². The maximum absolute atomic E-state index is 11.4. The monoisotopic (exact) mass is 300 g/mol. The predicted molar refractivity (Wildman–Crippen MR) is 76.1 cm³/mol. The smallest absolute Gasteiger partial charge is 0.325 e. The Balaban J connectivity index is 0.00000200. The van der Waals surface area contributed by atoms with Crippen molar-refractivity contribution < 1.29 is 14.8 Å². The third-order valence-corrected chi connectivity index (χ3v) is 3.41. The summed E-state index contributed by atoms with van der Waals surface area (Å²) in [5.74, 6) is -0.907. The van der Waals surface area contributed by atoms with Crippen LogP contribution in [0, 0.1) is 10.1 Å². The quantitative estimate of drug-likeness (QED) is 0.682. The fourth-order valence-corrected chi connectivity index (χ4v) is 2.46. The first-order chi connectivity index (χ1) is 9.09. The third-order valence-electron chi connectivity index (χ3n) is 3.41. The van der Waals surface area contributed by atoms with E-state index in [1.165, 1.54) is 24.3 Å². The van der Waals surface area contributed by atoms with Gasteiger partial charge in [-0.25, -0.2) is 0 Å². The molecule has 0 aromatic heterocycles. The fraction of sp³-hybridized carbons (Fsp3) is 0.462. The molecule has 0 radical (unpaired) electrons. The van der Waals surface area contributed by atoms with E-state index in [1.54, 1.807) is 0 Å². The van der Waals surface area contributed by atoms with Crippen LogP contribution >= 0.6 is 12.4 Å². The van der Waals surface area contributed by atoms with Crippen LogP contribution in [-0.4, -0.2) is 34.0 Å². The molecule has 1 fully saturated rings. The molecular weight excluding hydrogens is 284 g/mol. The van der Waals surface area contributed by atoms with Crippen molar-refractivity contribution in [3.05, 3.63) is 39.9 Å². The lowest BCUT2D eigenvalue weighted by molar-refractivity contribution is -0.384. The molecule has 1 N–H and O–H groups in total. The number of benzene rings is 1. The van der Waals surface area contributed by atoms with Gasteiger partial charge in [-0.3, -0.25) is 19.8 Å². The number of carboxylic acids is 1. The molecule has 1 aliphatic rings. The third kappa shape index (κ3) is 3.68. The number of aliphatic carboxylic acids is 1. The Morgan fingerprint density at radius 1 is 1.20 bits per heavy atom. The predicted octanol–water partition coefficient (Wildman–Crippen LogP) is 2.63. The van der Waals surface area contributed by atoms with Gasteiger partial charge in [0.2, 0.25) is 0 Å². The largest absolute Gasteiger partial charge is 0.480 e. The molecule has 1 saturated heterocycles. The highest BCUT2D eigenvalue weighted by molar-refractivity contribution is 5.85. The van der Waals surface area contributed by atoms with Crippen molar-refractivity contribution >= 4 is 24.1 Å². The van der Waals surface area contributed by atoms with Crippen LogP contribution in [0.15, 0.2) is 24.3 Å². The maximum atomic E-state index is 11.4. The van der Waals surface area contributed by atoms with Gasteiger partial charge < -0.3 is 5.11 Å². The lowest BCUT2D eigenvalue weighted by atomic mass is 10.0. The zero-order valence-corrected chi connectivity index (χ0v) is 11.7. The van der Waals surface area contributed by atoms with E-state index in [2.05, 4.69) is 0 Å². The number of hydrogen-bond donors (Lipinski definition) is 1. The lowest BCUT2D eigenvalue weighted by Gasteiger charge is -2.32. The number of nitro benzene ring substituents is 1. The highest BCUT2D eigenvalue weighted by Crippen LogP contribution is 2.26. The Morgan fingerprint density at radius 3 is 2.20 bits per heavy atom. The molecule has 6 nitrogen and oxygen atoms in total. The normalized spacial score (nSPS) is 17.0. The van der Waals surface area contributed by atoms with Crippen LogP contribution in [0.4, 0.5) is 5.69 Å². The molecule has 2 rings (SSSR count). The highest BCUT2D eigenvalue weighted by Gasteiger charge is 2.28. The van der Waals surface area contributed by atoms with Gasteiger partial charge in [0.05, 0.1) is 4.92 Å². The van der Waals surface area contributed by atoms with E-state index >= 15 is 0 Å². The zero-order chi connectivity index (χ0) is 13.8. The summed E-state index contributed by atoms with van der Waals surface area (Å²) in [5, 5.41) is 20.0. The van der Waals surface area contributed by atoms with Crippen LogP contribution in [0.3, 0.4) is 0 Å². The summed E-state index contributed by atoms with van der Waals surface area (Å²) >= 11 is 0. The highest BCUT2D eigenvalue weighted by atomic mass is 35.5. The Hall–Kier alpha value is -1.66. The van der Waals surface area contributed by atoms with E-state index in [0.717, 1.165) is 32.4 Å². The van der Waals surface area contributed by atoms with Crippen LogP contribution in [0.25, 0.3) is 0 Å². The van der Waals surface area contributed by atoms with Crippen molar-refractivity contribution in [2.24, 2.45) is 0 Å². The molecular formula is C13H17ClN2O4. The molecule has 1 unspecified atom stereocenters. The Kier molecular flexibility index (Phi) is 5.91. The number of piperidine rings is 1.